The van der Waals surface area contributed by atoms with Crippen LogP contribution in [0.3, 0.4) is 0 Å². The molecule has 5 aromatic carbocycles. The highest BCUT2D eigenvalue weighted by atomic mass is 16.5. The minimum atomic E-state index is -0.936. The van der Waals surface area contributed by atoms with Crippen molar-refractivity contribution in [3.63, 3.8) is 0 Å². The highest BCUT2D eigenvalue weighted by molar-refractivity contribution is 5.74. The van der Waals surface area contributed by atoms with Crippen molar-refractivity contribution >= 4 is 12.2 Å². The Balaban J connectivity index is 1.64. The third kappa shape index (κ3) is 6.21. The van der Waals surface area contributed by atoms with Crippen LogP contribution in [0.1, 0.15) is 34.7 Å². The van der Waals surface area contributed by atoms with E-state index in [9.17, 15) is 0 Å². The van der Waals surface area contributed by atoms with Gasteiger partial charge in [-0.05, 0) is 42.3 Å². The lowest BCUT2D eigenvalue weighted by atomic mass is 9.80. The molecule has 0 saturated carbocycles. The number of hydrogen-bond acceptors (Lipinski definition) is 5. The van der Waals surface area contributed by atoms with Crippen molar-refractivity contribution in [3.8, 4) is 28.7 Å². The minimum Gasteiger partial charge on any atom is -0.493 e. The van der Waals surface area contributed by atoms with Gasteiger partial charge in [-0.1, -0.05) is 109 Å². The van der Waals surface area contributed by atoms with Gasteiger partial charge in [0.1, 0.15) is 0 Å². The van der Waals surface area contributed by atoms with E-state index < -0.39 is 5.60 Å². The van der Waals surface area contributed by atoms with Crippen LogP contribution in [0.25, 0.3) is 12.2 Å². The maximum atomic E-state index is 7.22. The Hall–Kier alpha value is -5.16. The van der Waals surface area contributed by atoms with E-state index in [0.29, 0.717) is 35.4 Å². The third-order valence-corrected chi connectivity index (χ3v) is 7.23. The summed E-state index contributed by atoms with van der Waals surface area (Å²) in [7, 11) is 4.82. The molecule has 43 heavy (non-hydrogen) atoms. The SMILES string of the molecule is CCOc1ccc(/C=C\c2cc(OC)c(OC)c(OC)c2)cc1OC(c1ccccc1)(c1ccccc1)c1ccccc1. The molecule has 0 spiro atoms. The van der Waals surface area contributed by atoms with Gasteiger partial charge in [0.05, 0.1) is 27.9 Å². The molecular formula is C38H36O5. The molecule has 0 heterocycles. The minimum absolute atomic E-state index is 0.506. The first-order valence-electron chi connectivity index (χ1n) is 14.2. The molecule has 0 saturated heterocycles. The fourth-order valence-corrected chi connectivity index (χ4v) is 5.23. The molecule has 5 rings (SSSR count). The molecule has 5 aromatic rings. The Morgan fingerprint density at radius 1 is 0.512 bits per heavy atom. The van der Waals surface area contributed by atoms with Crippen molar-refractivity contribution < 1.29 is 23.7 Å². The van der Waals surface area contributed by atoms with Gasteiger partial charge in [0.25, 0.3) is 0 Å². The zero-order chi connectivity index (χ0) is 30.1. The summed E-state index contributed by atoms with van der Waals surface area (Å²) in [5.41, 5.74) is 3.93. The molecule has 0 aromatic heterocycles. The van der Waals surface area contributed by atoms with Gasteiger partial charge in [-0.2, -0.15) is 0 Å². The van der Waals surface area contributed by atoms with E-state index in [2.05, 4.69) is 36.4 Å². The molecule has 5 nitrogen and oxygen atoms in total. The largest absolute Gasteiger partial charge is 0.493 e. The van der Waals surface area contributed by atoms with Crippen molar-refractivity contribution in [1.82, 2.24) is 0 Å². The second kappa shape index (κ2) is 13.7. The summed E-state index contributed by atoms with van der Waals surface area (Å²) in [4.78, 5) is 0. The zero-order valence-corrected chi connectivity index (χ0v) is 25.0. The Bertz CT molecular complexity index is 1530. The molecule has 0 unspecified atom stereocenters. The van der Waals surface area contributed by atoms with Gasteiger partial charge in [0, 0.05) is 16.7 Å². The van der Waals surface area contributed by atoms with Crippen LogP contribution >= 0.6 is 0 Å². The monoisotopic (exact) mass is 572 g/mol. The first kappa shape index (κ1) is 29.3. The molecule has 0 amide bonds. The molecule has 0 aliphatic carbocycles. The molecule has 0 bridgehead atoms. The highest BCUT2D eigenvalue weighted by Crippen LogP contribution is 2.44. The van der Waals surface area contributed by atoms with Crippen LogP contribution < -0.4 is 23.7 Å². The van der Waals surface area contributed by atoms with Crippen molar-refractivity contribution in [3.05, 3.63) is 149 Å². The van der Waals surface area contributed by atoms with E-state index in [-0.39, 0.29) is 0 Å². The number of benzene rings is 5. The normalized spacial score (nSPS) is 11.3. The lowest BCUT2D eigenvalue weighted by Gasteiger charge is -2.36. The maximum Gasteiger partial charge on any atom is 0.203 e. The van der Waals surface area contributed by atoms with Crippen molar-refractivity contribution in [2.45, 2.75) is 12.5 Å². The van der Waals surface area contributed by atoms with Crippen molar-refractivity contribution in [2.75, 3.05) is 27.9 Å². The van der Waals surface area contributed by atoms with E-state index in [1.807, 2.05) is 104 Å². The molecule has 0 radical (unpaired) electrons. The lowest BCUT2D eigenvalue weighted by molar-refractivity contribution is 0.146. The summed E-state index contributed by atoms with van der Waals surface area (Å²) in [6.45, 7) is 2.48. The fourth-order valence-electron chi connectivity index (χ4n) is 5.23. The molecule has 0 atom stereocenters. The van der Waals surface area contributed by atoms with E-state index >= 15 is 0 Å². The Kier molecular flexibility index (Phi) is 9.33. The summed E-state index contributed by atoms with van der Waals surface area (Å²) in [6, 6.07) is 40.7. The van der Waals surface area contributed by atoms with E-state index in [1.54, 1.807) is 21.3 Å². The summed E-state index contributed by atoms with van der Waals surface area (Å²) in [5, 5.41) is 0. The zero-order valence-electron chi connectivity index (χ0n) is 25.0. The van der Waals surface area contributed by atoms with Gasteiger partial charge >= 0.3 is 0 Å². The average Bonchev–Trinajstić information content (AvgIpc) is 3.07. The van der Waals surface area contributed by atoms with E-state index in [1.165, 1.54) is 0 Å². The Morgan fingerprint density at radius 2 is 0.977 bits per heavy atom. The van der Waals surface area contributed by atoms with Gasteiger partial charge in [0.15, 0.2) is 28.6 Å². The lowest BCUT2D eigenvalue weighted by Crippen LogP contribution is -2.36. The maximum absolute atomic E-state index is 7.22. The standard InChI is InChI=1S/C38H36O5/c1-5-42-33-24-23-28(21-22-29-26-35(39-2)37(41-4)36(27-29)40-3)25-34(33)43-38(30-15-9-6-10-16-30,31-17-11-7-12-18-31)32-19-13-8-14-20-32/h6-27H,5H2,1-4H3/b22-21-. The predicted octanol–water partition coefficient (Wildman–Crippen LogP) is 8.65. The second-order valence-electron chi connectivity index (χ2n) is 9.81. The smallest absolute Gasteiger partial charge is 0.203 e. The number of hydrogen-bond donors (Lipinski definition) is 0. The number of rotatable bonds is 12. The van der Waals surface area contributed by atoms with Crippen LogP contribution in [0, 0.1) is 0 Å². The highest BCUT2D eigenvalue weighted by Gasteiger charge is 2.39. The van der Waals surface area contributed by atoms with E-state index in [0.717, 1.165) is 27.8 Å². The molecule has 218 valence electrons. The summed E-state index contributed by atoms with van der Waals surface area (Å²) in [5.74, 6) is 3.04. The topological polar surface area (TPSA) is 46.2 Å². The van der Waals surface area contributed by atoms with Crippen molar-refractivity contribution in [1.29, 1.82) is 0 Å². The summed E-state index contributed by atoms with van der Waals surface area (Å²) in [6.07, 6.45) is 4.03. The van der Waals surface area contributed by atoms with Crippen LogP contribution in [0.15, 0.2) is 121 Å². The van der Waals surface area contributed by atoms with Gasteiger partial charge in [-0.15, -0.1) is 0 Å². The van der Waals surface area contributed by atoms with Gasteiger partial charge < -0.3 is 23.7 Å². The van der Waals surface area contributed by atoms with Crippen molar-refractivity contribution in [2.24, 2.45) is 0 Å². The summed E-state index contributed by atoms with van der Waals surface area (Å²) >= 11 is 0. The predicted molar refractivity (Wildman–Crippen MR) is 172 cm³/mol. The molecule has 0 aliphatic rings. The van der Waals surface area contributed by atoms with E-state index in [4.69, 9.17) is 23.7 Å². The van der Waals surface area contributed by atoms with Crippen LogP contribution in [0.2, 0.25) is 0 Å². The van der Waals surface area contributed by atoms with Gasteiger partial charge in [-0.3, -0.25) is 0 Å². The third-order valence-electron chi connectivity index (χ3n) is 7.23. The van der Waals surface area contributed by atoms with Crippen LogP contribution in [-0.2, 0) is 5.60 Å². The molecule has 0 N–H and O–H groups in total. The first-order valence-corrected chi connectivity index (χ1v) is 14.2. The number of ether oxygens (including phenoxy) is 5. The van der Waals surface area contributed by atoms with Crippen LogP contribution in [0.5, 0.6) is 28.7 Å². The first-order chi connectivity index (χ1) is 21.1. The quantitative estimate of drug-likeness (QED) is 0.111. The van der Waals surface area contributed by atoms with Crippen LogP contribution in [0.4, 0.5) is 0 Å². The van der Waals surface area contributed by atoms with Gasteiger partial charge in [-0.25, -0.2) is 0 Å². The summed E-state index contributed by atoms with van der Waals surface area (Å²) < 4.78 is 29.9. The van der Waals surface area contributed by atoms with Gasteiger partial charge in [0.2, 0.25) is 5.75 Å². The van der Waals surface area contributed by atoms with Crippen LogP contribution in [-0.4, -0.2) is 27.9 Å². The average molecular weight is 573 g/mol. The molecule has 5 heteroatoms. The molecular weight excluding hydrogens is 536 g/mol. The second-order valence-corrected chi connectivity index (χ2v) is 9.81. The Labute approximate surface area is 253 Å². The molecule has 0 aliphatic heterocycles. The fraction of sp³-hybridized carbons (Fsp3) is 0.158. The number of methoxy groups -OCH3 is 3. The Morgan fingerprint density at radius 3 is 1.42 bits per heavy atom. The molecule has 0 fully saturated rings.